The molecule has 0 spiro atoms. The summed E-state index contributed by atoms with van der Waals surface area (Å²) >= 11 is 0. The van der Waals surface area contributed by atoms with Gasteiger partial charge in [-0.1, -0.05) is 0 Å². The Labute approximate surface area is 140 Å². The van der Waals surface area contributed by atoms with Crippen LogP contribution in [0.4, 0.5) is 0 Å². The van der Waals surface area contributed by atoms with E-state index in [2.05, 4.69) is 10.1 Å². The van der Waals surface area contributed by atoms with Crippen LogP contribution in [0.3, 0.4) is 0 Å². The molecule has 1 aliphatic rings. The second-order valence-electron chi connectivity index (χ2n) is 6.54. The minimum atomic E-state index is -0.0751. The molecule has 2 aromatic rings. The van der Waals surface area contributed by atoms with Crippen LogP contribution in [0.1, 0.15) is 54.8 Å². The lowest BCUT2D eigenvalue weighted by atomic mass is 9.95. The van der Waals surface area contributed by atoms with Gasteiger partial charge in [0.25, 0.3) is 5.91 Å². The Hall–Kier alpha value is -2.44. The first-order chi connectivity index (χ1) is 11.5. The third-order valence-electron chi connectivity index (χ3n) is 4.55. The SMILES string of the molecule is CC(C)n1c(C2CCN(C(=O)c3cccnc3)CC2)nn(C)c1=O. The standard InChI is InChI=1S/C17H23N5O2/c1-12(2)22-15(19-20(3)17(22)24)13-6-9-21(10-7-13)16(23)14-5-4-8-18-11-14/h4-5,8,11-13H,6-7,9-10H2,1-3H3. The molecular formula is C17H23N5O2. The van der Waals surface area contributed by atoms with Gasteiger partial charge in [-0.25, -0.2) is 9.48 Å². The highest BCUT2D eigenvalue weighted by molar-refractivity contribution is 5.93. The number of aryl methyl sites for hydroxylation is 1. The molecule has 0 atom stereocenters. The molecule has 1 amide bonds. The van der Waals surface area contributed by atoms with Crippen molar-refractivity contribution >= 4 is 5.91 Å². The fraction of sp³-hybridized carbons (Fsp3) is 0.529. The van der Waals surface area contributed by atoms with Gasteiger partial charge in [-0.05, 0) is 38.8 Å². The van der Waals surface area contributed by atoms with E-state index in [0.717, 1.165) is 18.7 Å². The Kier molecular flexibility index (Phi) is 4.51. The Morgan fingerprint density at radius 2 is 2.00 bits per heavy atom. The summed E-state index contributed by atoms with van der Waals surface area (Å²) < 4.78 is 3.17. The zero-order valence-electron chi connectivity index (χ0n) is 14.3. The summed E-state index contributed by atoms with van der Waals surface area (Å²) in [6, 6.07) is 3.64. The quantitative estimate of drug-likeness (QED) is 0.857. The smallest absolute Gasteiger partial charge is 0.339 e. The molecule has 0 saturated carbocycles. The molecule has 0 bridgehead atoms. The van der Waals surface area contributed by atoms with Crippen LogP contribution in [0.2, 0.25) is 0 Å². The number of hydrogen-bond acceptors (Lipinski definition) is 4. The molecule has 24 heavy (non-hydrogen) atoms. The lowest BCUT2D eigenvalue weighted by Gasteiger charge is -2.31. The topological polar surface area (TPSA) is 73.0 Å². The van der Waals surface area contributed by atoms with Gasteiger partial charge in [-0.3, -0.25) is 14.3 Å². The van der Waals surface area contributed by atoms with Gasteiger partial charge in [-0.15, -0.1) is 0 Å². The molecule has 7 heteroatoms. The Bertz CT molecular complexity index is 770. The summed E-state index contributed by atoms with van der Waals surface area (Å²) in [4.78, 5) is 30.6. The molecule has 1 fully saturated rings. The number of amides is 1. The van der Waals surface area contributed by atoms with Crippen molar-refractivity contribution in [1.82, 2.24) is 24.2 Å². The van der Waals surface area contributed by atoms with Crippen LogP contribution in [-0.2, 0) is 7.05 Å². The first-order valence-corrected chi connectivity index (χ1v) is 8.33. The van der Waals surface area contributed by atoms with Crippen LogP contribution >= 0.6 is 0 Å². The molecule has 3 rings (SSSR count). The van der Waals surface area contributed by atoms with Gasteiger partial charge < -0.3 is 4.90 Å². The minimum Gasteiger partial charge on any atom is -0.339 e. The molecule has 1 saturated heterocycles. The molecule has 0 aromatic carbocycles. The van der Waals surface area contributed by atoms with Gasteiger partial charge in [0.05, 0.1) is 5.56 Å². The van der Waals surface area contributed by atoms with Gasteiger partial charge in [0.15, 0.2) is 0 Å². The number of likely N-dealkylation sites (tertiary alicyclic amines) is 1. The van der Waals surface area contributed by atoms with E-state index in [9.17, 15) is 9.59 Å². The molecule has 1 aliphatic heterocycles. The number of aromatic nitrogens is 4. The van der Waals surface area contributed by atoms with Gasteiger partial charge in [0.1, 0.15) is 5.82 Å². The van der Waals surface area contributed by atoms with Crippen molar-refractivity contribution in [3.05, 3.63) is 46.4 Å². The fourth-order valence-electron chi connectivity index (χ4n) is 3.27. The molecule has 0 radical (unpaired) electrons. The largest absolute Gasteiger partial charge is 0.345 e. The summed E-state index contributed by atoms with van der Waals surface area (Å²) in [6.07, 6.45) is 4.89. The van der Waals surface area contributed by atoms with Crippen molar-refractivity contribution in [3.8, 4) is 0 Å². The summed E-state index contributed by atoms with van der Waals surface area (Å²) in [5.41, 5.74) is 0.543. The average molecular weight is 329 g/mol. The highest BCUT2D eigenvalue weighted by Gasteiger charge is 2.29. The molecule has 3 heterocycles. The average Bonchev–Trinajstić information content (AvgIpc) is 2.90. The third kappa shape index (κ3) is 2.98. The number of carbonyl (C=O) groups excluding carboxylic acids is 1. The van der Waals surface area contributed by atoms with Gasteiger partial charge in [0.2, 0.25) is 0 Å². The van der Waals surface area contributed by atoms with Crippen LogP contribution in [0.25, 0.3) is 0 Å². The molecule has 2 aromatic heterocycles. The maximum atomic E-state index is 12.5. The molecule has 0 N–H and O–H groups in total. The highest BCUT2D eigenvalue weighted by Crippen LogP contribution is 2.28. The zero-order chi connectivity index (χ0) is 17.3. The second-order valence-corrected chi connectivity index (χ2v) is 6.54. The monoisotopic (exact) mass is 329 g/mol. The van der Waals surface area contributed by atoms with E-state index >= 15 is 0 Å². The van der Waals surface area contributed by atoms with Crippen molar-refractivity contribution in [3.63, 3.8) is 0 Å². The summed E-state index contributed by atoms with van der Waals surface area (Å²) in [7, 11) is 1.69. The fourth-order valence-corrected chi connectivity index (χ4v) is 3.27. The van der Waals surface area contributed by atoms with E-state index in [1.165, 1.54) is 4.68 Å². The van der Waals surface area contributed by atoms with E-state index in [1.807, 2.05) is 18.7 Å². The number of pyridine rings is 1. The number of carbonyl (C=O) groups is 1. The minimum absolute atomic E-state index is 0.0174. The van der Waals surface area contributed by atoms with Crippen molar-refractivity contribution in [2.24, 2.45) is 7.05 Å². The first kappa shape index (κ1) is 16.4. The van der Waals surface area contributed by atoms with Crippen LogP contribution < -0.4 is 5.69 Å². The van der Waals surface area contributed by atoms with E-state index in [-0.39, 0.29) is 23.6 Å². The van der Waals surface area contributed by atoms with E-state index in [0.29, 0.717) is 18.7 Å². The summed E-state index contributed by atoms with van der Waals surface area (Å²) in [5.74, 6) is 1.06. The van der Waals surface area contributed by atoms with Crippen molar-refractivity contribution in [1.29, 1.82) is 0 Å². The Morgan fingerprint density at radius 3 is 2.58 bits per heavy atom. The predicted octanol–water partition coefficient (Wildman–Crippen LogP) is 1.58. The molecular weight excluding hydrogens is 306 g/mol. The first-order valence-electron chi connectivity index (χ1n) is 8.33. The lowest BCUT2D eigenvalue weighted by molar-refractivity contribution is 0.0709. The Balaban J connectivity index is 1.73. The second kappa shape index (κ2) is 6.59. The normalized spacial score (nSPS) is 15.9. The molecule has 128 valence electrons. The van der Waals surface area contributed by atoms with E-state index < -0.39 is 0 Å². The third-order valence-corrected chi connectivity index (χ3v) is 4.55. The number of nitrogens with zero attached hydrogens (tertiary/aromatic N) is 5. The number of rotatable bonds is 3. The molecule has 7 nitrogen and oxygen atoms in total. The lowest BCUT2D eigenvalue weighted by Crippen LogP contribution is -2.38. The van der Waals surface area contributed by atoms with Crippen molar-refractivity contribution in [2.45, 2.75) is 38.6 Å². The summed E-state index contributed by atoms with van der Waals surface area (Å²) in [5, 5.41) is 4.44. The highest BCUT2D eigenvalue weighted by atomic mass is 16.2. The maximum Gasteiger partial charge on any atom is 0.345 e. The summed E-state index contributed by atoms with van der Waals surface area (Å²) in [6.45, 7) is 5.32. The predicted molar refractivity (Wildman–Crippen MR) is 90.0 cm³/mol. The number of piperidine rings is 1. The van der Waals surface area contributed by atoms with Gasteiger partial charge in [-0.2, -0.15) is 5.10 Å². The van der Waals surface area contributed by atoms with E-state index in [4.69, 9.17) is 0 Å². The molecule has 0 unspecified atom stereocenters. The maximum absolute atomic E-state index is 12.5. The van der Waals surface area contributed by atoms with Gasteiger partial charge in [0, 0.05) is 44.5 Å². The molecule has 0 aliphatic carbocycles. The number of hydrogen-bond donors (Lipinski definition) is 0. The van der Waals surface area contributed by atoms with Crippen molar-refractivity contribution < 1.29 is 4.79 Å². The van der Waals surface area contributed by atoms with E-state index in [1.54, 1.807) is 36.1 Å². The van der Waals surface area contributed by atoms with Crippen LogP contribution in [0.15, 0.2) is 29.3 Å². The Morgan fingerprint density at radius 1 is 1.29 bits per heavy atom. The van der Waals surface area contributed by atoms with Crippen LogP contribution in [0.5, 0.6) is 0 Å². The van der Waals surface area contributed by atoms with Crippen LogP contribution in [-0.4, -0.2) is 43.2 Å². The van der Waals surface area contributed by atoms with Crippen LogP contribution in [0, 0.1) is 0 Å². The van der Waals surface area contributed by atoms with Gasteiger partial charge >= 0.3 is 5.69 Å². The zero-order valence-corrected chi connectivity index (χ0v) is 14.3. The van der Waals surface area contributed by atoms with Crippen molar-refractivity contribution in [2.75, 3.05) is 13.1 Å².